The summed E-state index contributed by atoms with van der Waals surface area (Å²) in [7, 11) is 1.72. The van der Waals surface area contributed by atoms with E-state index in [0.717, 1.165) is 0 Å². The molecule has 0 aliphatic rings. The number of pyridine rings is 1. The molecule has 0 atom stereocenters. The van der Waals surface area contributed by atoms with Gasteiger partial charge in [0.15, 0.2) is 0 Å². The van der Waals surface area contributed by atoms with Crippen molar-refractivity contribution in [2.24, 2.45) is 7.05 Å². The summed E-state index contributed by atoms with van der Waals surface area (Å²) >= 11 is 1.28. The van der Waals surface area contributed by atoms with Gasteiger partial charge in [0.2, 0.25) is 11.1 Å². The van der Waals surface area contributed by atoms with Gasteiger partial charge in [0.1, 0.15) is 0 Å². The fourth-order valence-electron chi connectivity index (χ4n) is 1.11. The normalized spacial score (nSPS) is 10.2. The summed E-state index contributed by atoms with van der Waals surface area (Å²) in [5.41, 5.74) is 0.675. The molecular formula is C9H10N6OS. The van der Waals surface area contributed by atoms with Crippen molar-refractivity contribution in [3.05, 3.63) is 24.5 Å². The third-order valence-electron chi connectivity index (χ3n) is 1.86. The van der Waals surface area contributed by atoms with Crippen molar-refractivity contribution in [2.45, 2.75) is 5.16 Å². The minimum atomic E-state index is -0.119. The monoisotopic (exact) mass is 250 g/mol. The fourth-order valence-corrected chi connectivity index (χ4v) is 1.76. The van der Waals surface area contributed by atoms with Crippen LogP contribution < -0.4 is 5.32 Å². The first-order valence-electron chi connectivity index (χ1n) is 4.81. The molecule has 2 heterocycles. The predicted octanol–water partition coefficient (Wildman–Crippen LogP) is 0.336. The van der Waals surface area contributed by atoms with Crippen LogP contribution >= 0.6 is 11.8 Å². The van der Waals surface area contributed by atoms with Crippen LogP contribution in [0.25, 0.3) is 0 Å². The zero-order valence-corrected chi connectivity index (χ0v) is 9.89. The van der Waals surface area contributed by atoms with E-state index in [0.29, 0.717) is 10.8 Å². The van der Waals surface area contributed by atoms with E-state index in [-0.39, 0.29) is 11.7 Å². The van der Waals surface area contributed by atoms with E-state index >= 15 is 0 Å². The first-order valence-corrected chi connectivity index (χ1v) is 5.79. The first kappa shape index (κ1) is 11.5. The Kier molecular flexibility index (Phi) is 3.66. The third-order valence-corrected chi connectivity index (χ3v) is 2.87. The van der Waals surface area contributed by atoms with Crippen LogP contribution in [0.5, 0.6) is 0 Å². The van der Waals surface area contributed by atoms with Crippen molar-refractivity contribution in [2.75, 3.05) is 11.1 Å². The average Bonchev–Trinajstić information content (AvgIpc) is 2.74. The number of aromatic nitrogens is 5. The Bertz CT molecular complexity index is 499. The van der Waals surface area contributed by atoms with Crippen LogP contribution in [0.1, 0.15) is 0 Å². The molecule has 2 aromatic rings. The molecule has 0 fully saturated rings. The number of nitrogens with zero attached hydrogens (tertiary/aromatic N) is 5. The van der Waals surface area contributed by atoms with Crippen LogP contribution in [0.15, 0.2) is 29.7 Å². The standard InChI is InChI=1S/C9H10N6OS/c1-15-9(12-13-14-15)17-6-8(16)11-7-3-2-4-10-5-7/h2-5H,6H2,1H3,(H,11,16). The summed E-state index contributed by atoms with van der Waals surface area (Å²) in [6, 6.07) is 3.54. The Balaban J connectivity index is 1.84. The van der Waals surface area contributed by atoms with E-state index in [9.17, 15) is 4.79 Å². The van der Waals surface area contributed by atoms with Crippen molar-refractivity contribution < 1.29 is 4.79 Å². The number of hydrogen-bond acceptors (Lipinski definition) is 6. The van der Waals surface area contributed by atoms with E-state index < -0.39 is 0 Å². The summed E-state index contributed by atoms with van der Waals surface area (Å²) in [5, 5.41) is 14.2. The molecule has 0 radical (unpaired) electrons. The lowest BCUT2D eigenvalue weighted by molar-refractivity contribution is -0.113. The van der Waals surface area contributed by atoms with Crippen molar-refractivity contribution in [3.63, 3.8) is 0 Å². The van der Waals surface area contributed by atoms with Crippen LogP contribution in [-0.2, 0) is 11.8 Å². The van der Waals surface area contributed by atoms with E-state index in [1.165, 1.54) is 16.4 Å². The molecule has 1 N–H and O–H groups in total. The minimum absolute atomic E-state index is 0.119. The second-order valence-electron chi connectivity index (χ2n) is 3.16. The highest BCUT2D eigenvalue weighted by atomic mass is 32.2. The van der Waals surface area contributed by atoms with Crippen LogP contribution in [0.3, 0.4) is 0 Å². The van der Waals surface area contributed by atoms with Gasteiger partial charge in [0.05, 0.1) is 17.6 Å². The zero-order chi connectivity index (χ0) is 12.1. The number of thioether (sulfide) groups is 1. The highest BCUT2D eigenvalue weighted by Crippen LogP contribution is 2.12. The van der Waals surface area contributed by atoms with Gasteiger partial charge in [-0.25, -0.2) is 4.68 Å². The van der Waals surface area contributed by atoms with Gasteiger partial charge >= 0.3 is 0 Å². The quantitative estimate of drug-likeness (QED) is 0.787. The maximum absolute atomic E-state index is 11.6. The molecule has 8 heteroatoms. The lowest BCUT2D eigenvalue weighted by Crippen LogP contribution is -2.14. The summed E-state index contributed by atoms with van der Waals surface area (Å²) in [6.07, 6.45) is 3.24. The molecule has 0 saturated carbocycles. The zero-order valence-electron chi connectivity index (χ0n) is 9.07. The molecule has 17 heavy (non-hydrogen) atoms. The van der Waals surface area contributed by atoms with E-state index in [1.54, 1.807) is 31.6 Å². The Hall–Kier alpha value is -1.96. The largest absolute Gasteiger partial charge is 0.324 e. The number of rotatable bonds is 4. The molecule has 0 aromatic carbocycles. The number of carbonyl (C=O) groups excluding carboxylic acids is 1. The van der Waals surface area contributed by atoms with E-state index in [4.69, 9.17) is 0 Å². The highest BCUT2D eigenvalue weighted by molar-refractivity contribution is 7.99. The van der Waals surface area contributed by atoms with Crippen LogP contribution in [0.2, 0.25) is 0 Å². The number of tetrazole rings is 1. The van der Waals surface area contributed by atoms with Gasteiger partial charge in [-0.3, -0.25) is 9.78 Å². The molecule has 2 aromatic heterocycles. The number of hydrogen-bond donors (Lipinski definition) is 1. The van der Waals surface area contributed by atoms with Crippen molar-refractivity contribution in [1.29, 1.82) is 0 Å². The molecule has 0 unspecified atom stereocenters. The molecule has 88 valence electrons. The van der Waals surface area contributed by atoms with Crippen LogP contribution in [-0.4, -0.2) is 36.9 Å². The Morgan fingerprint density at radius 3 is 3.12 bits per heavy atom. The van der Waals surface area contributed by atoms with Gasteiger partial charge in [-0.15, -0.1) is 5.10 Å². The van der Waals surface area contributed by atoms with Crippen LogP contribution in [0.4, 0.5) is 5.69 Å². The molecule has 2 rings (SSSR count). The number of amides is 1. The third kappa shape index (κ3) is 3.25. The molecule has 0 aliphatic carbocycles. The van der Waals surface area contributed by atoms with E-state index in [2.05, 4.69) is 25.8 Å². The van der Waals surface area contributed by atoms with Gasteiger partial charge in [-0.05, 0) is 22.6 Å². The average molecular weight is 250 g/mol. The van der Waals surface area contributed by atoms with Gasteiger partial charge in [-0.1, -0.05) is 11.8 Å². The van der Waals surface area contributed by atoms with Gasteiger partial charge in [-0.2, -0.15) is 0 Å². The Morgan fingerprint density at radius 2 is 2.47 bits per heavy atom. The number of carbonyl (C=O) groups is 1. The molecule has 1 amide bonds. The highest BCUT2D eigenvalue weighted by Gasteiger charge is 2.07. The maximum Gasteiger partial charge on any atom is 0.234 e. The van der Waals surface area contributed by atoms with Gasteiger partial charge in [0, 0.05) is 13.2 Å². The summed E-state index contributed by atoms with van der Waals surface area (Å²) in [4.78, 5) is 15.5. The maximum atomic E-state index is 11.6. The van der Waals surface area contributed by atoms with E-state index in [1.807, 2.05) is 0 Å². The van der Waals surface area contributed by atoms with Gasteiger partial charge < -0.3 is 5.32 Å². The Morgan fingerprint density at radius 1 is 1.59 bits per heavy atom. The summed E-state index contributed by atoms with van der Waals surface area (Å²) in [6.45, 7) is 0. The molecule has 0 aliphatic heterocycles. The lowest BCUT2D eigenvalue weighted by atomic mass is 10.4. The van der Waals surface area contributed by atoms with Gasteiger partial charge in [0.25, 0.3) is 0 Å². The molecule has 0 saturated heterocycles. The molecule has 7 nitrogen and oxygen atoms in total. The summed E-state index contributed by atoms with van der Waals surface area (Å²) < 4.78 is 1.52. The summed E-state index contributed by atoms with van der Waals surface area (Å²) in [5.74, 6) is 0.134. The lowest BCUT2D eigenvalue weighted by Gasteiger charge is -2.03. The SMILES string of the molecule is Cn1nnnc1SCC(=O)Nc1cccnc1. The second kappa shape index (κ2) is 5.39. The Labute approximate surface area is 102 Å². The number of anilines is 1. The molecule has 0 bridgehead atoms. The van der Waals surface area contributed by atoms with Crippen LogP contribution in [0, 0.1) is 0 Å². The minimum Gasteiger partial charge on any atom is -0.324 e. The number of nitrogens with one attached hydrogen (secondary N) is 1. The number of aryl methyl sites for hydroxylation is 1. The molecular weight excluding hydrogens is 240 g/mol. The molecule has 0 spiro atoms. The van der Waals surface area contributed by atoms with Crippen molar-refractivity contribution in [1.82, 2.24) is 25.2 Å². The smallest absolute Gasteiger partial charge is 0.234 e. The van der Waals surface area contributed by atoms with Crippen molar-refractivity contribution >= 4 is 23.4 Å². The van der Waals surface area contributed by atoms with Crippen molar-refractivity contribution in [3.8, 4) is 0 Å². The topological polar surface area (TPSA) is 85.6 Å². The predicted molar refractivity (Wildman–Crippen MR) is 62.4 cm³/mol. The first-order chi connectivity index (χ1) is 8.25. The second-order valence-corrected chi connectivity index (χ2v) is 4.11. The fraction of sp³-hybridized carbons (Fsp3) is 0.222.